The maximum absolute atomic E-state index is 13.5. The Hall–Kier alpha value is -4.47. The van der Waals surface area contributed by atoms with Gasteiger partial charge < -0.3 is 20.1 Å². The van der Waals surface area contributed by atoms with Crippen molar-refractivity contribution in [2.24, 2.45) is 5.92 Å². The summed E-state index contributed by atoms with van der Waals surface area (Å²) in [7, 11) is 0. The number of hydrogen-bond acceptors (Lipinski definition) is 8. The Balaban J connectivity index is 0.000000582. The molecule has 2 aliphatic rings. The Morgan fingerprint density at radius 1 is 1.10 bits per heavy atom. The van der Waals surface area contributed by atoms with E-state index in [1.54, 1.807) is 41.9 Å². The van der Waals surface area contributed by atoms with Gasteiger partial charge in [0.15, 0.2) is 0 Å². The molecule has 0 atom stereocenters. The van der Waals surface area contributed by atoms with Crippen molar-refractivity contribution in [3.63, 3.8) is 0 Å². The molecule has 0 saturated carbocycles. The summed E-state index contributed by atoms with van der Waals surface area (Å²) >= 11 is 14.0. The maximum atomic E-state index is 13.5. The topological polar surface area (TPSA) is 122 Å². The van der Waals surface area contributed by atoms with Crippen molar-refractivity contribution in [3.8, 4) is 16.2 Å². The van der Waals surface area contributed by atoms with Gasteiger partial charge in [0.1, 0.15) is 41.0 Å². The molecule has 1 fully saturated rings. The number of thiophene rings is 1. The summed E-state index contributed by atoms with van der Waals surface area (Å²) in [5.41, 5.74) is 5.01. The van der Waals surface area contributed by atoms with E-state index in [0.29, 0.717) is 16.7 Å². The highest BCUT2D eigenvalue weighted by atomic mass is 35.5. The largest absolute Gasteiger partial charge is 0.490 e. The summed E-state index contributed by atoms with van der Waals surface area (Å²) in [6, 6.07) is 11.8. The number of nitrogens with zero attached hydrogens (tertiary/aromatic N) is 5. The lowest BCUT2D eigenvalue weighted by atomic mass is 9.95. The third kappa shape index (κ3) is 8.54. The van der Waals surface area contributed by atoms with Crippen LogP contribution in [0.4, 0.5) is 29.1 Å². The number of carbonyl (C=O) groups is 2. The third-order valence-electron chi connectivity index (χ3n) is 8.53. The molecular weight excluding hydrogens is 735 g/mol. The van der Waals surface area contributed by atoms with Crippen LogP contribution in [0.5, 0.6) is 5.75 Å². The fourth-order valence-corrected chi connectivity index (χ4v) is 7.68. The first kappa shape index (κ1) is 36.3. The molecular formula is C34H30Cl2F4N6O4S. The van der Waals surface area contributed by atoms with Crippen LogP contribution >= 0.6 is 34.5 Å². The summed E-state index contributed by atoms with van der Waals surface area (Å²) in [5, 5.41) is 17.0. The highest BCUT2D eigenvalue weighted by molar-refractivity contribution is 7.22. The van der Waals surface area contributed by atoms with Crippen LogP contribution in [-0.2, 0) is 35.6 Å². The molecule has 3 aromatic heterocycles. The minimum atomic E-state index is -5.08. The maximum Gasteiger partial charge on any atom is 0.490 e. The van der Waals surface area contributed by atoms with E-state index in [4.69, 9.17) is 42.9 Å². The average molecular weight is 766 g/mol. The van der Waals surface area contributed by atoms with Gasteiger partial charge in [-0.05, 0) is 73.1 Å². The van der Waals surface area contributed by atoms with Crippen molar-refractivity contribution < 1.29 is 37.0 Å². The van der Waals surface area contributed by atoms with Gasteiger partial charge >= 0.3 is 12.1 Å². The number of carbonyl (C=O) groups excluding carboxylic acids is 1. The van der Waals surface area contributed by atoms with E-state index < -0.39 is 12.1 Å². The Labute approximate surface area is 303 Å². The van der Waals surface area contributed by atoms with Gasteiger partial charge in [-0.25, -0.2) is 19.2 Å². The molecule has 0 unspecified atom stereocenters. The molecule has 0 spiro atoms. The number of amides is 1. The van der Waals surface area contributed by atoms with Gasteiger partial charge in [-0.1, -0.05) is 23.7 Å². The van der Waals surface area contributed by atoms with Crippen LogP contribution < -0.4 is 10.1 Å². The van der Waals surface area contributed by atoms with Crippen LogP contribution in [0.15, 0.2) is 55.0 Å². The molecule has 5 aromatic rings. The van der Waals surface area contributed by atoms with Crippen molar-refractivity contribution in [2.75, 3.05) is 24.3 Å². The van der Waals surface area contributed by atoms with Crippen LogP contribution in [0.1, 0.15) is 29.7 Å². The Morgan fingerprint density at radius 2 is 1.86 bits per heavy atom. The molecule has 10 nitrogen and oxygen atoms in total. The SMILES string of the molecule is O=C(CCl)N1CCC(Cn2cc3c(n2)CCc2c-3sc3ncnc(Nc4ccc(OCc5cccc(F)c5)c(Cl)c4)c23)CC1.O=C(O)C(F)(F)F. The molecule has 1 aliphatic carbocycles. The molecule has 268 valence electrons. The van der Waals surface area contributed by atoms with E-state index in [9.17, 15) is 22.4 Å². The first-order valence-electron chi connectivity index (χ1n) is 15.8. The van der Waals surface area contributed by atoms with Crippen molar-refractivity contribution in [1.29, 1.82) is 0 Å². The lowest BCUT2D eigenvalue weighted by Gasteiger charge is -2.31. The molecule has 2 N–H and O–H groups in total. The number of ether oxygens (including phenoxy) is 1. The van der Waals surface area contributed by atoms with E-state index in [0.717, 1.165) is 83.9 Å². The quantitative estimate of drug-likeness (QED) is 0.121. The molecule has 0 bridgehead atoms. The number of likely N-dealkylation sites (tertiary alicyclic amines) is 1. The number of aromatic nitrogens is 4. The second-order valence-electron chi connectivity index (χ2n) is 12.0. The Morgan fingerprint density at radius 3 is 2.55 bits per heavy atom. The summed E-state index contributed by atoms with van der Waals surface area (Å²) in [6.07, 6.45) is 2.28. The number of benzene rings is 2. The number of rotatable bonds is 8. The predicted octanol–water partition coefficient (Wildman–Crippen LogP) is 7.88. The van der Waals surface area contributed by atoms with Crippen LogP contribution in [-0.4, -0.2) is 66.8 Å². The van der Waals surface area contributed by atoms with E-state index in [2.05, 4.69) is 26.2 Å². The first-order chi connectivity index (χ1) is 24.4. The number of aryl methyl sites for hydroxylation is 2. The zero-order chi connectivity index (χ0) is 36.3. The second kappa shape index (κ2) is 15.4. The highest BCUT2D eigenvalue weighted by Crippen LogP contribution is 2.45. The van der Waals surface area contributed by atoms with Crippen molar-refractivity contribution >= 4 is 68.1 Å². The van der Waals surface area contributed by atoms with Gasteiger partial charge in [0.05, 0.1) is 16.1 Å². The zero-order valence-electron chi connectivity index (χ0n) is 26.7. The number of anilines is 2. The molecule has 1 amide bonds. The first-order valence-corrected chi connectivity index (χ1v) is 17.5. The minimum Gasteiger partial charge on any atom is -0.487 e. The molecule has 2 aromatic carbocycles. The third-order valence-corrected chi connectivity index (χ3v) is 10.2. The van der Waals surface area contributed by atoms with Gasteiger partial charge in [-0.2, -0.15) is 18.3 Å². The molecule has 17 heteroatoms. The number of hydrogen-bond donors (Lipinski definition) is 2. The number of halogens is 6. The van der Waals surface area contributed by atoms with Crippen molar-refractivity contribution in [1.82, 2.24) is 24.6 Å². The summed E-state index contributed by atoms with van der Waals surface area (Å²) < 4.78 is 53.2. The fourth-order valence-electron chi connectivity index (χ4n) is 6.05. The van der Waals surface area contributed by atoms with E-state index in [-0.39, 0.29) is 24.2 Å². The molecule has 1 aliphatic heterocycles. The van der Waals surface area contributed by atoms with Crippen molar-refractivity contribution in [2.45, 2.75) is 45.0 Å². The van der Waals surface area contributed by atoms with Crippen LogP contribution in [0.2, 0.25) is 5.02 Å². The lowest BCUT2D eigenvalue weighted by Crippen LogP contribution is -2.40. The van der Waals surface area contributed by atoms with Gasteiger partial charge in [0.25, 0.3) is 0 Å². The Bertz CT molecular complexity index is 2070. The predicted molar refractivity (Wildman–Crippen MR) is 185 cm³/mol. The van der Waals surface area contributed by atoms with E-state index in [1.807, 2.05) is 11.0 Å². The average Bonchev–Trinajstić information content (AvgIpc) is 3.69. The smallest absolute Gasteiger partial charge is 0.487 e. The van der Waals surface area contributed by atoms with Gasteiger partial charge in [-0.15, -0.1) is 22.9 Å². The van der Waals surface area contributed by atoms with E-state index in [1.165, 1.54) is 22.6 Å². The second-order valence-corrected chi connectivity index (χ2v) is 13.6. The number of nitrogens with one attached hydrogen (secondary N) is 1. The van der Waals surface area contributed by atoms with E-state index >= 15 is 0 Å². The number of aliphatic carboxylic acids is 1. The standard InChI is InChI=1S/C32H29Cl2FN6O2S.C2HF3O2/c33-14-28(42)40-10-8-19(9-11-40)15-41-16-24-26(39-41)6-5-23-29-31(36-18-37-32(29)44-30(23)24)38-22-4-7-27(25(34)13-22)43-17-20-2-1-3-21(35)12-20;3-2(4,5)1(6)7/h1-4,7,12-13,16,18-19H,5-6,8-11,14-15,17H2,(H,36,37,38);(H,6,7). The van der Waals surface area contributed by atoms with Gasteiger partial charge in [0.2, 0.25) is 5.91 Å². The number of carboxylic acid groups (broad SMARTS) is 1. The lowest BCUT2D eigenvalue weighted by molar-refractivity contribution is -0.192. The molecule has 1 saturated heterocycles. The molecule has 4 heterocycles. The molecule has 7 rings (SSSR count). The molecule has 0 radical (unpaired) electrons. The zero-order valence-corrected chi connectivity index (χ0v) is 29.0. The van der Waals surface area contributed by atoms with Crippen LogP contribution in [0.25, 0.3) is 20.7 Å². The van der Waals surface area contributed by atoms with Gasteiger partial charge in [0, 0.05) is 42.0 Å². The number of fused-ring (bicyclic) bond motifs is 5. The number of alkyl halides is 4. The fraction of sp³-hybridized carbons (Fsp3) is 0.324. The van der Waals surface area contributed by atoms with Crippen LogP contribution in [0.3, 0.4) is 0 Å². The summed E-state index contributed by atoms with van der Waals surface area (Å²) in [5.74, 6) is -1.28. The normalized spacial score (nSPS) is 14.4. The summed E-state index contributed by atoms with van der Waals surface area (Å²) in [6.45, 7) is 2.56. The molecule has 51 heavy (non-hydrogen) atoms. The van der Waals surface area contributed by atoms with Crippen molar-refractivity contribution in [3.05, 3.63) is 82.6 Å². The Kier molecular flexibility index (Phi) is 11.0. The number of piperidine rings is 1. The van der Waals surface area contributed by atoms with Crippen LogP contribution in [0, 0.1) is 11.7 Å². The highest BCUT2D eigenvalue weighted by Gasteiger charge is 2.38. The minimum absolute atomic E-state index is 0.0145. The number of carboxylic acids is 1. The van der Waals surface area contributed by atoms with Gasteiger partial charge in [-0.3, -0.25) is 9.48 Å². The monoisotopic (exact) mass is 764 g/mol. The summed E-state index contributed by atoms with van der Waals surface area (Å²) in [4.78, 5) is 34.0.